The zero-order chi connectivity index (χ0) is 19.1. The molecule has 0 spiro atoms. The standard InChI is InChI=1S/C19H20BrNO5/c1-21(11-13-6-4-5-7-16(13)20)18(22)12-26-19(23)15-9-8-14(24-2)10-17(15)25-3/h4-10H,11-12H2,1-3H3. The summed E-state index contributed by atoms with van der Waals surface area (Å²) in [4.78, 5) is 26.0. The number of carbonyl (C=O) groups excluding carboxylic acids is 2. The third-order valence-electron chi connectivity index (χ3n) is 3.75. The van der Waals surface area contributed by atoms with Crippen LogP contribution in [0.3, 0.4) is 0 Å². The van der Waals surface area contributed by atoms with Crippen molar-refractivity contribution >= 4 is 27.8 Å². The minimum Gasteiger partial charge on any atom is -0.497 e. The number of halogens is 1. The molecule has 0 saturated heterocycles. The maximum absolute atomic E-state index is 12.2. The molecule has 0 N–H and O–H groups in total. The first-order valence-corrected chi connectivity index (χ1v) is 8.62. The van der Waals surface area contributed by atoms with Crippen molar-refractivity contribution in [3.05, 3.63) is 58.1 Å². The van der Waals surface area contributed by atoms with Crippen LogP contribution in [0, 0.1) is 0 Å². The van der Waals surface area contributed by atoms with E-state index >= 15 is 0 Å². The van der Waals surface area contributed by atoms with Crippen molar-refractivity contribution in [3.63, 3.8) is 0 Å². The number of nitrogens with zero attached hydrogens (tertiary/aromatic N) is 1. The van der Waals surface area contributed by atoms with Gasteiger partial charge in [-0.15, -0.1) is 0 Å². The molecule has 0 aliphatic heterocycles. The lowest BCUT2D eigenvalue weighted by atomic mass is 10.2. The molecule has 0 fully saturated rings. The van der Waals surface area contributed by atoms with Gasteiger partial charge in [-0.25, -0.2) is 4.79 Å². The molecule has 7 heteroatoms. The van der Waals surface area contributed by atoms with E-state index in [1.165, 1.54) is 25.2 Å². The lowest BCUT2D eigenvalue weighted by Gasteiger charge is -2.18. The molecule has 2 rings (SSSR count). The Morgan fingerprint density at radius 2 is 1.81 bits per heavy atom. The predicted octanol–water partition coefficient (Wildman–Crippen LogP) is 3.28. The fourth-order valence-corrected chi connectivity index (χ4v) is 2.66. The molecule has 1 amide bonds. The number of amides is 1. The van der Waals surface area contributed by atoms with Crippen LogP contribution in [0.2, 0.25) is 0 Å². The highest BCUT2D eigenvalue weighted by Crippen LogP contribution is 2.25. The van der Waals surface area contributed by atoms with E-state index in [0.717, 1.165) is 10.0 Å². The lowest BCUT2D eigenvalue weighted by molar-refractivity contribution is -0.133. The molecule has 26 heavy (non-hydrogen) atoms. The summed E-state index contributed by atoms with van der Waals surface area (Å²) < 4.78 is 16.3. The molecule has 0 aliphatic rings. The van der Waals surface area contributed by atoms with E-state index in [1.54, 1.807) is 19.2 Å². The lowest BCUT2D eigenvalue weighted by Crippen LogP contribution is -2.31. The third-order valence-corrected chi connectivity index (χ3v) is 4.52. The first-order valence-electron chi connectivity index (χ1n) is 7.82. The van der Waals surface area contributed by atoms with Crippen molar-refractivity contribution in [2.24, 2.45) is 0 Å². The quantitative estimate of drug-likeness (QED) is 0.641. The topological polar surface area (TPSA) is 65.1 Å². The molecule has 0 heterocycles. The Hall–Kier alpha value is -2.54. The van der Waals surface area contributed by atoms with E-state index in [2.05, 4.69) is 15.9 Å². The Morgan fingerprint density at radius 1 is 1.08 bits per heavy atom. The first-order chi connectivity index (χ1) is 12.5. The zero-order valence-corrected chi connectivity index (χ0v) is 16.4. The second-order valence-electron chi connectivity index (χ2n) is 5.48. The van der Waals surface area contributed by atoms with Crippen LogP contribution < -0.4 is 9.47 Å². The van der Waals surface area contributed by atoms with E-state index in [0.29, 0.717) is 18.0 Å². The summed E-state index contributed by atoms with van der Waals surface area (Å²) >= 11 is 3.45. The molecular weight excluding hydrogens is 402 g/mol. The number of esters is 1. The molecule has 0 saturated carbocycles. The highest BCUT2D eigenvalue weighted by molar-refractivity contribution is 9.10. The van der Waals surface area contributed by atoms with Gasteiger partial charge in [-0.3, -0.25) is 4.79 Å². The van der Waals surface area contributed by atoms with E-state index in [9.17, 15) is 9.59 Å². The van der Waals surface area contributed by atoms with Gasteiger partial charge in [0.1, 0.15) is 17.1 Å². The number of methoxy groups -OCH3 is 2. The Kier molecular flexibility index (Phi) is 7.03. The molecule has 0 aliphatic carbocycles. The van der Waals surface area contributed by atoms with Gasteiger partial charge in [-0.1, -0.05) is 34.1 Å². The number of likely N-dealkylation sites (N-methyl/N-ethyl adjacent to an activating group) is 1. The number of carbonyl (C=O) groups is 2. The smallest absolute Gasteiger partial charge is 0.342 e. The van der Waals surface area contributed by atoms with Crippen LogP contribution in [0.4, 0.5) is 0 Å². The monoisotopic (exact) mass is 421 g/mol. The van der Waals surface area contributed by atoms with Crippen molar-refractivity contribution < 1.29 is 23.8 Å². The van der Waals surface area contributed by atoms with Crippen LogP contribution >= 0.6 is 15.9 Å². The number of ether oxygens (including phenoxy) is 3. The Balaban J connectivity index is 1.96. The molecule has 0 bridgehead atoms. The summed E-state index contributed by atoms with van der Waals surface area (Å²) in [7, 11) is 4.62. The zero-order valence-electron chi connectivity index (χ0n) is 14.8. The number of benzene rings is 2. The second-order valence-corrected chi connectivity index (χ2v) is 6.34. The van der Waals surface area contributed by atoms with Crippen molar-refractivity contribution in [3.8, 4) is 11.5 Å². The summed E-state index contributed by atoms with van der Waals surface area (Å²) in [6.07, 6.45) is 0. The fourth-order valence-electron chi connectivity index (χ4n) is 2.25. The van der Waals surface area contributed by atoms with Crippen LogP contribution in [-0.2, 0) is 16.1 Å². The summed E-state index contributed by atoms with van der Waals surface area (Å²) in [6.45, 7) is 0.0542. The molecule has 2 aromatic carbocycles. The SMILES string of the molecule is COc1ccc(C(=O)OCC(=O)N(C)Cc2ccccc2Br)c(OC)c1. The largest absolute Gasteiger partial charge is 0.497 e. The van der Waals surface area contributed by atoms with Gasteiger partial charge in [0, 0.05) is 24.1 Å². The van der Waals surface area contributed by atoms with Gasteiger partial charge in [-0.05, 0) is 23.8 Å². The van der Waals surface area contributed by atoms with Crippen LogP contribution in [0.5, 0.6) is 11.5 Å². The minimum absolute atomic E-state index is 0.231. The predicted molar refractivity (Wildman–Crippen MR) is 100 cm³/mol. The van der Waals surface area contributed by atoms with Crippen molar-refractivity contribution in [1.82, 2.24) is 4.90 Å². The second kappa shape index (κ2) is 9.24. The average Bonchev–Trinajstić information content (AvgIpc) is 2.66. The van der Waals surface area contributed by atoms with Gasteiger partial charge >= 0.3 is 5.97 Å². The molecule has 138 valence electrons. The molecule has 0 atom stereocenters. The van der Waals surface area contributed by atoms with Gasteiger partial charge in [0.05, 0.1) is 14.2 Å². The van der Waals surface area contributed by atoms with Crippen LogP contribution in [0.25, 0.3) is 0 Å². The molecule has 0 aromatic heterocycles. The molecule has 6 nitrogen and oxygen atoms in total. The van der Waals surface area contributed by atoms with Gasteiger partial charge < -0.3 is 19.1 Å². The number of hydrogen-bond acceptors (Lipinski definition) is 5. The van der Waals surface area contributed by atoms with Gasteiger partial charge in [0.2, 0.25) is 0 Å². The van der Waals surface area contributed by atoms with Crippen molar-refractivity contribution in [2.75, 3.05) is 27.9 Å². The van der Waals surface area contributed by atoms with Crippen LogP contribution in [-0.4, -0.2) is 44.7 Å². The normalized spacial score (nSPS) is 10.2. The summed E-state index contributed by atoms with van der Waals surface area (Å²) in [6, 6.07) is 12.4. The Labute approximate surface area is 160 Å². The summed E-state index contributed by atoms with van der Waals surface area (Å²) in [5.74, 6) is -0.0558. The maximum atomic E-state index is 12.2. The minimum atomic E-state index is -0.632. The summed E-state index contributed by atoms with van der Waals surface area (Å²) in [5.41, 5.74) is 1.20. The number of hydrogen-bond donors (Lipinski definition) is 0. The van der Waals surface area contributed by atoms with Crippen molar-refractivity contribution in [1.29, 1.82) is 0 Å². The molecule has 0 unspecified atom stereocenters. The summed E-state index contributed by atoms with van der Waals surface area (Å²) in [5, 5.41) is 0. The Bertz CT molecular complexity index is 793. The van der Waals surface area contributed by atoms with Crippen LogP contribution in [0.15, 0.2) is 46.9 Å². The Morgan fingerprint density at radius 3 is 2.46 bits per heavy atom. The van der Waals surface area contributed by atoms with E-state index in [-0.39, 0.29) is 18.1 Å². The molecule has 2 aromatic rings. The fraction of sp³-hybridized carbons (Fsp3) is 0.263. The number of rotatable bonds is 7. The first kappa shape index (κ1) is 19.8. The van der Waals surface area contributed by atoms with Crippen molar-refractivity contribution in [2.45, 2.75) is 6.54 Å². The van der Waals surface area contributed by atoms with E-state index < -0.39 is 5.97 Å². The highest BCUT2D eigenvalue weighted by atomic mass is 79.9. The average molecular weight is 422 g/mol. The van der Waals surface area contributed by atoms with E-state index in [1.807, 2.05) is 24.3 Å². The third kappa shape index (κ3) is 4.98. The molecule has 0 radical (unpaired) electrons. The highest BCUT2D eigenvalue weighted by Gasteiger charge is 2.18. The molecular formula is C19H20BrNO5. The van der Waals surface area contributed by atoms with E-state index in [4.69, 9.17) is 14.2 Å². The van der Waals surface area contributed by atoms with Gasteiger partial charge in [0.25, 0.3) is 5.91 Å². The van der Waals surface area contributed by atoms with Gasteiger partial charge in [0.15, 0.2) is 6.61 Å². The maximum Gasteiger partial charge on any atom is 0.342 e. The van der Waals surface area contributed by atoms with Crippen LogP contribution in [0.1, 0.15) is 15.9 Å². The van der Waals surface area contributed by atoms with Gasteiger partial charge in [-0.2, -0.15) is 0 Å².